The largest absolute Gasteiger partial charge is 0.380 e. The van der Waals surface area contributed by atoms with Gasteiger partial charge in [-0.25, -0.2) is 4.39 Å². The maximum absolute atomic E-state index is 13.4. The summed E-state index contributed by atoms with van der Waals surface area (Å²) in [4.78, 5) is 0. The first-order chi connectivity index (χ1) is 8.58. The molecular formula is C14H12BrClFN. The van der Waals surface area contributed by atoms with Crippen LogP contribution in [0.4, 0.5) is 10.1 Å². The first-order valence-corrected chi connectivity index (χ1v) is 6.68. The fourth-order valence-electron chi connectivity index (χ4n) is 1.58. The third-order valence-electron chi connectivity index (χ3n) is 2.67. The molecule has 18 heavy (non-hydrogen) atoms. The number of benzene rings is 2. The van der Waals surface area contributed by atoms with Crippen molar-refractivity contribution in [3.63, 3.8) is 0 Å². The Bertz CT molecular complexity index is 572. The smallest absolute Gasteiger partial charge is 0.126 e. The molecule has 0 spiro atoms. The zero-order valence-electron chi connectivity index (χ0n) is 9.81. The first-order valence-electron chi connectivity index (χ1n) is 5.51. The van der Waals surface area contributed by atoms with Gasteiger partial charge < -0.3 is 5.32 Å². The van der Waals surface area contributed by atoms with Crippen LogP contribution in [0, 0.1) is 12.7 Å². The zero-order chi connectivity index (χ0) is 13.1. The van der Waals surface area contributed by atoms with E-state index < -0.39 is 0 Å². The molecule has 0 unspecified atom stereocenters. The van der Waals surface area contributed by atoms with E-state index in [1.54, 1.807) is 19.1 Å². The highest BCUT2D eigenvalue weighted by atomic mass is 79.9. The van der Waals surface area contributed by atoms with Gasteiger partial charge in [-0.1, -0.05) is 29.8 Å². The average Bonchev–Trinajstić information content (AvgIpc) is 2.35. The van der Waals surface area contributed by atoms with Gasteiger partial charge in [0, 0.05) is 6.54 Å². The number of rotatable bonds is 3. The van der Waals surface area contributed by atoms with Gasteiger partial charge in [-0.2, -0.15) is 0 Å². The second kappa shape index (κ2) is 5.72. The summed E-state index contributed by atoms with van der Waals surface area (Å²) in [6, 6.07) is 10.8. The zero-order valence-corrected chi connectivity index (χ0v) is 12.1. The molecule has 1 N–H and O–H groups in total. The highest BCUT2D eigenvalue weighted by Gasteiger charge is 2.04. The molecule has 94 valence electrons. The standard InChI is InChI=1S/C14H12BrClFN/c1-9-5-6-10(7-12(9)17)8-18-13-4-2-3-11(16)14(13)15/h2-7,18H,8H2,1H3. The molecule has 2 aromatic carbocycles. The number of halogens is 3. The molecule has 0 atom stereocenters. The second-order valence-electron chi connectivity index (χ2n) is 4.04. The number of anilines is 1. The van der Waals surface area contributed by atoms with Gasteiger partial charge in [0.25, 0.3) is 0 Å². The molecule has 4 heteroatoms. The van der Waals surface area contributed by atoms with E-state index in [4.69, 9.17) is 11.6 Å². The van der Waals surface area contributed by atoms with E-state index >= 15 is 0 Å². The van der Waals surface area contributed by atoms with Crippen LogP contribution in [0.2, 0.25) is 5.02 Å². The third-order valence-corrected chi connectivity index (χ3v) is 4.07. The predicted octanol–water partition coefficient (Wildman–Crippen LogP) is 5.16. The van der Waals surface area contributed by atoms with Crippen LogP contribution in [-0.2, 0) is 6.54 Å². The molecule has 0 aromatic heterocycles. The van der Waals surface area contributed by atoms with Crippen LogP contribution in [0.15, 0.2) is 40.9 Å². The molecule has 0 amide bonds. The second-order valence-corrected chi connectivity index (χ2v) is 5.24. The summed E-state index contributed by atoms with van der Waals surface area (Å²) in [5.74, 6) is -0.181. The highest BCUT2D eigenvalue weighted by Crippen LogP contribution is 2.30. The molecule has 0 heterocycles. The van der Waals surface area contributed by atoms with E-state index in [9.17, 15) is 4.39 Å². The van der Waals surface area contributed by atoms with E-state index in [0.717, 1.165) is 15.7 Å². The predicted molar refractivity (Wildman–Crippen MR) is 77.6 cm³/mol. The van der Waals surface area contributed by atoms with Crippen molar-refractivity contribution < 1.29 is 4.39 Å². The number of nitrogens with one attached hydrogen (secondary N) is 1. The summed E-state index contributed by atoms with van der Waals surface area (Å²) < 4.78 is 14.2. The fraction of sp³-hybridized carbons (Fsp3) is 0.143. The van der Waals surface area contributed by atoms with Crippen molar-refractivity contribution in [3.05, 3.63) is 62.8 Å². The lowest BCUT2D eigenvalue weighted by molar-refractivity contribution is 0.616. The number of hydrogen-bond donors (Lipinski definition) is 1. The Balaban J connectivity index is 2.11. The quantitative estimate of drug-likeness (QED) is 0.820. The minimum absolute atomic E-state index is 0.181. The van der Waals surface area contributed by atoms with E-state index in [1.165, 1.54) is 0 Å². The summed E-state index contributed by atoms with van der Waals surface area (Å²) in [6.45, 7) is 2.30. The summed E-state index contributed by atoms with van der Waals surface area (Å²) in [5.41, 5.74) is 2.44. The lowest BCUT2D eigenvalue weighted by Crippen LogP contribution is -2.01. The van der Waals surface area contributed by atoms with Crippen LogP contribution in [0.25, 0.3) is 0 Å². The minimum Gasteiger partial charge on any atom is -0.380 e. The van der Waals surface area contributed by atoms with Crippen LogP contribution in [0.1, 0.15) is 11.1 Å². The Morgan fingerprint density at radius 2 is 2.06 bits per heavy atom. The SMILES string of the molecule is Cc1ccc(CNc2cccc(Cl)c2Br)cc1F. The van der Waals surface area contributed by atoms with Gasteiger partial charge in [0.15, 0.2) is 0 Å². The lowest BCUT2D eigenvalue weighted by atomic mass is 10.1. The van der Waals surface area contributed by atoms with Gasteiger partial charge >= 0.3 is 0 Å². The molecule has 1 nitrogen and oxygen atoms in total. The molecule has 0 saturated carbocycles. The molecule has 0 fully saturated rings. The normalized spacial score (nSPS) is 10.4. The number of aryl methyl sites for hydroxylation is 1. The third kappa shape index (κ3) is 3.03. The van der Waals surface area contributed by atoms with Gasteiger partial charge in [-0.15, -0.1) is 0 Å². The van der Waals surface area contributed by atoms with E-state index in [0.29, 0.717) is 17.1 Å². The van der Waals surface area contributed by atoms with Crippen molar-refractivity contribution >= 4 is 33.2 Å². The molecule has 2 rings (SSSR count). The Labute approximate surface area is 119 Å². The Hall–Kier alpha value is -1.06. The van der Waals surface area contributed by atoms with Gasteiger partial charge in [0.1, 0.15) is 5.82 Å². The Morgan fingerprint density at radius 3 is 2.78 bits per heavy atom. The van der Waals surface area contributed by atoms with Gasteiger partial charge in [0.2, 0.25) is 0 Å². The van der Waals surface area contributed by atoms with E-state index in [-0.39, 0.29) is 5.82 Å². The molecule has 0 radical (unpaired) electrons. The summed E-state index contributed by atoms with van der Waals surface area (Å²) in [7, 11) is 0. The number of hydrogen-bond acceptors (Lipinski definition) is 1. The van der Waals surface area contributed by atoms with Crippen molar-refractivity contribution in [2.75, 3.05) is 5.32 Å². The maximum Gasteiger partial charge on any atom is 0.126 e. The summed E-state index contributed by atoms with van der Waals surface area (Å²) in [5, 5.41) is 3.87. The monoisotopic (exact) mass is 327 g/mol. The van der Waals surface area contributed by atoms with Crippen molar-refractivity contribution in [1.29, 1.82) is 0 Å². The van der Waals surface area contributed by atoms with Crippen molar-refractivity contribution in [2.24, 2.45) is 0 Å². The molecule has 2 aromatic rings. The van der Waals surface area contributed by atoms with Crippen LogP contribution < -0.4 is 5.32 Å². The van der Waals surface area contributed by atoms with E-state index in [2.05, 4.69) is 21.2 Å². The van der Waals surface area contributed by atoms with Crippen molar-refractivity contribution in [3.8, 4) is 0 Å². The van der Waals surface area contributed by atoms with Crippen LogP contribution in [0.5, 0.6) is 0 Å². The first kappa shape index (κ1) is 13.4. The lowest BCUT2D eigenvalue weighted by Gasteiger charge is -2.10. The van der Waals surface area contributed by atoms with Crippen molar-refractivity contribution in [1.82, 2.24) is 0 Å². The maximum atomic E-state index is 13.4. The Morgan fingerprint density at radius 1 is 1.28 bits per heavy atom. The molecule has 0 bridgehead atoms. The van der Waals surface area contributed by atoms with E-state index in [1.807, 2.05) is 24.3 Å². The molecule has 0 aliphatic carbocycles. The average molecular weight is 329 g/mol. The molecule has 0 aliphatic rings. The van der Waals surface area contributed by atoms with Gasteiger partial charge in [0.05, 0.1) is 15.2 Å². The van der Waals surface area contributed by atoms with Gasteiger partial charge in [-0.05, 0) is 52.2 Å². The van der Waals surface area contributed by atoms with Gasteiger partial charge in [-0.3, -0.25) is 0 Å². The molecular weight excluding hydrogens is 317 g/mol. The van der Waals surface area contributed by atoms with Crippen molar-refractivity contribution in [2.45, 2.75) is 13.5 Å². The highest BCUT2D eigenvalue weighted by molar-refractivity contribution is 9.10. The molecule has 0 saturated heterocycles. The Kier molecular flexibility index (Phi) is 4.25. The summed E-state index contributed by atoms with van der Waals surface area (Å²) >= 11 is 9.41. The van der Waals surface area contributed by atoms with Crippen LogP contribution >= 0.6 is 27.5 Å². The summed E-state index contributed by atoms with van der Waals surface area (Å²) in [6.07, 6.45) is 0. The fourth-order valence-corrected chi connectivity index (χ4v) is 2.16. The topological polar surface area (TPSA) is 12.0 Å². The van der Waals surface area contributed by atoms with Crippen LogP contribution in [-0.4, -0.2) is 0 Å². The van der Waals surface area contributed by atoms with Crippen LogP contribution in [0.3, 0.4) is 0 Å². The molecule has 0 aliphatic heterocycles. The minimum atomic E-state index is -0.181.